The fourth-order valence-corrected chi connectivity index (χ4v) is 2.89. The van der Waals surface area contributed by atoms with E-state index in [4.69, 9.17) is 9.15 Å². The Morgan fingerprint density at radius 2 is 2.33 bits per heavy atom. The number of hydrogen-bond donors (Lipinski definition) is 0. The minimum Gasteiger partial charge on any atom is -0.464 e. The monoisotopic (exact) mass is 220 g/mol. The van der Waals surface area contributed by atoms with Gasteiger partial charge in [-0.15, -0.1) is 0 Å². The molecular formula is C12H12O2S. The lowest BCUT2D eigenvalue weighted by Gasteiger charge is -2.09. The first-order chi connectivity index (χ1) is 7.45. The average Bonchev–Trinajstić information content (AvgIpc) is 3.01. The molecule has 0 bridgehead atoms. The summed E-state index contributed by atoms with van der Waals surface area (Å²) in [5.74, 6) is 0.946. The van der Waals surface area contributed by atoms with Gasteiger partial charge < -0.3 is 9.15 Å². The summed E-state index contributed by atoms with van der Waals surface area (Å²) in [5.41, 5.74) is 2.48. The van der Waals surface area contributed by atoms with E-state index in [2.05, 4.69) is 10.8 Å². The van der Waals surface area contributed by atoms with Crippen LogP contribution in [-0.2, 0) is 4.74 Å². The normalized spacial score (nSPS) is 20.9. The summed E-state index contributed by atoms with van der Waals surface area (Å²) >= 11 is 1.71. The Kier molecular flexibility index (Phi) is 2.35. The molecular weight excluding hydrogens is 208 g/mol. The van der Waals surface area contributed by atoms with Crippen molar-refractivity contribution < 1.29 is 9.15 Å². The van der Waals surface area contributed by atoms with E-state index in [-0.39, 0.29) is 6.10 Å². The molecule has 2 aromatic rings. The van der Waals surface area contributed by atoms with Gasteiger partial charge in [0.15, 0.2) is 0 Å². The van der Waals surface area contributed by atoms with Crippen molar-refractivity contribution in [3.8, 4) is 11.3 Å². The lowest BCUT2D eigenvalue weighted by molar-refractivity contribution is 0.112. The van der Waals surface area contributed by atoms with E-state index in [1.54, 1.807) is 17.6 Å². The highest BCUT2D eigenvalue weighted by atomic mass is 32.1. The molecule has 0 spiro atoms. The first-order valence-corrected chi connectivity index (χ1v) is 6.11. The molecule has 1 aliphatic heterocycles. The van der Waals surface area contributed by atoms with Crippen LogP contribution in [0.2, 0.25) is 0 Å². The molecule has 0 N–H and O–H groups in total. The van der Waals surface area contributed by atoms with Crippen LogP contribution in [-0.4, -0.2) is 6.61 Å². The molecule has 0 aromatic carbocycles. The molecule has 2 nitrogen and oxygen atoms in total. The van der Waals surface area contributed by atoms with Crippen molar-refractivity contribution in [2.75, 3.05) is 6.61 Å². The van der Waals surface area contributed by atoms with E-state index >= 15 is 0 Å². The largest absolute Gasteiger partial charge is 0.464 e. The zero-order chi connectivity index (χ0) is 10.1. The summed E-state index contributed by atoms with van der Waals surface area (Å²) < 4.78 is 11.1. The average molecular weight is 220 g/mol. The van der Waals surface area contributed by atoms with E-state index in [0.717, 1.165) is 25.2 Å². The SMILES string of the molecule is c1coc(-c2cscc2C2CCCO2)c1. The third-order valence-corrected chi connectivity index (χ3v) is 3.52. The molecule has 0 amide bonds. The van der Waals surface area contributed by atoms with Crippen LogP contribution in [0.15, 0.2) is 33.6 Å². The van der Waals surface area contributed by atoms with Crippen LogP contribution in [0.1, 0.15) is 24.5 Å². The fourth-order valence-electron chi connectivity index (χ4n) is 2.01. The Hall–Kier alpha value is -1.06. The van der Waals surface area contributed by atoms with E-state index in [1.165, 1.54) is 11.1 Å². The lowest BCUT2D eigenvalue weighted by atomic mass is 10.0. The van der Waals surface area contributed by atoms with E-state index in [0.29, 0.717) is 0 Å². The number of rotatable bonds is 2. The summed E-state index contributed by atoms with van der Waals surface area (Å²) in [4.78, 5) is 0. The predicted molar refractivity (Wildman–Crippen MR) is 59.9 cm³/mol. The van der Waals surface area contributed by atoms with Crippen molar-refractivity contribution in [2.24, 2.45) is 0 Å². The van der Waals surface area contributed by atoms with Crippen molar-refractivity contribution in [3.63, 3.8) is 0 Å². The molecule has 3 heterocycles. The lowest BCUT2D eigenvalue weighted by Crippen LogP contribution is -1.95. The predicted octanol–water partition coefficient (Wildman–Crippen LogP) is 3.86. The standard InChI is InChI=1S/C12H12O2S/c1-3-11(13-5-1)9-7-15-8-10(9)12-4-2-6-14-12/h1,3,5,7-8,12H,2,4,6H2. The summed E-state index contributed by atoms with van der Waals surface area (Å²) in [6.07, 6.45) is 4.28. The molecule has 3 heteroatoms. The highest BCUT2D eigenvalue weighted by molar-refractivity contribution is 7.08. The van der Waals surface area contributed by atoms with Crippen LogP contribution >= 0.6 is 11.3 Å². The number of ether oxygens (including phenoxy) is 1. The van der Waals surface area contributed by atoms with Crippen molar-refractivity contribution in [1.29, 1.82) is 0 Å². The topological polar surface area (TPSA) is 22.4 Å². The number of hydrogen-bond acceptors (Lipinski definition) is 3. The zero-order valence-corrected chi connectivity index (χ0v) is 9.13. The van der Waals surface area contributed by atoms with E-state index in [9.17, 15) is 0 Å². The van der Waals surface area contributed by atoms with Crippen LogP contribution in [0, 0.1) is 0 Å². The maximum absolute atomic E-state index is 5.70. The van der Waals surface area contributed by atoms with Gasteiger partial charge in [0, 0.05) is 23.1 Å². The second kappa shape index (κ2) is 3.83. The quantitative estimate of drug-likeness (QED) is 0.766. The second-order valence-corrected chi connectivity index (χ2v) is 4.46. The van der Waals surface area contributed by atoms with E-state index < -0.39 is 0 Å². The van der Waals surface area contributed by atoms with Crippen molar-refractivity contribution >= 4 is 11.3 Å². The molecule has 1 saturated heterocycles. The number of thiophene rings is 1. The Balaban J connectivity index is 1.98. The van der Waals surface area contributed by atoms with Gasteiger partial charge in [0.1, 0.15) is 5.76 Å². The van der Waals surface area contributed by atoms with Crippen LogP contribution in [0.3, 0.4) is 0 Å². The Labute approximate surface area is 92.5 Å². The van der Waals surface area contributed by atoms with Gasteiger partial charge in [-0.2, -0.15) is 11.3 Å². The molecule has 2 aromatic heterocycles. The maximum atomic E-state index is 5.70. The third-order valence-electron chi connectivity index (χ3n) is 2.76. The van der Waals surface area contributed by atoms with Gasteiger partial charge in [-0.05, 0) is 30.4 Å². The smallest absolute Gasteiger partial charge is 0.135 e. The molecule has 3 rings (SSSR count). The van der Waals surface area contributed by atoms with Crippen LogP contribution in [0.25, 0.3) is 11.3 Å². The Bertz CT molecular complexity index is 424. The number of furan rings is 1. The highest BCUT2D eigenvalue weighted by Crippen LogP contribution is 2.37. The third kappa shape index (κ3) is 1.62. The molecule has 1 atom stereocenters. The van der Waals surface area contributed by atoms with Gasteiger partial charge in [-0.1, -0.05) is 0 Å². The molecule has 1 fully saturated rings. The van der Waals surface area contributed by atoms with Gasteiger partial charge in [0.2, 0.25) is 0 Å². The van der Waals surface area contributed by atoms with Crippen LogP contribution in [0.5, 0.6) is 0 Å². The molecule has 1 aliphatic rings. The van der Waals surface area contributed by atoms with Gasteiger partial charge in [-0.3, -0.25) is 0 Å². The highest BCUT2D eigenvalue weighted by Gasteiger charge is 2.22. The summed E-state index contributed by atoms with van der Waals surface area (Å²) in [7, 11) is 0. The first kappa shape index (κ1) is 9.19. The second-order valence-electron chi connectivity index (χ2n) is 3.72. The molecule has 0 radical (unpaired) electrons. The van der Waals surface area contributed by atoms with Crippen LogP contribution < -0.4 is 0 Å². The molecule has 78 valence electrons. The van der Waals surface area contributed by atoms with Gasteiger partial charge in [0.05, 0.1) is 12.4 Å². The Morgan fingerprint density at radius 3 is 3.07 bits per heavy atom. The summed E-state index contributed by atoms with van der Waals surface area (Å²) in [5, 5.41) is 4.31. The van der Waals surface area contributed by atoms with Gasteiger partial charge in [0.25, 0.3) is 0 Å². The molecule has 0 aliphatic carbocycles. The van der Waals surface area contributed by atoms with E-state index in [1.807, 2.05) is 12.1 Å². The van der Waals surface area contributed by atoms with Gasteiger partial charge >= 0.3 is 0 Å². The van der Waals surface area contributed by atoms with Gasteiger partial charge in [-0.25, -0.2) is 0 Å². The first-order valence-electron chi connectivity index (χ1n) is 5.17. The minimum absolute atomic E-state index is 0.274. The Morgan fingerprint density at radius 1 is 1.33 bits per heavy atom. The summed E-state index contributed by atoms with van der Waals surface area (Å²) in [6, 6.07) is 3.92. The minimum atomic E-state index is 0.274. The fraction of sp³-hybridized carbons (Fsp3) is 0.333. The summed E-state index contributed by atoms with van der Waals surface area (Å²) in [6.45, 7) is 0.887. The molecule has 1 unspecified atom stereocenters. The van der Waals surface area contributed by atoms with Crippen molar-refractivity contribution in [1.82, 2.24) is 0 Å². The maximum Gasteiger partial charge on any atom is 0.135 e. The van der Waals surface area contributed by atoms with Crippen molar-refractivity contribution in [3.05, 3.63) is 34.7 Å². The molecule has 15 heavy (non-hydrogen) atoms. The molecule has 0 saturated carbocycles. The van der Waals surface area contributed by atoms with Crippen LogP contribution in [0.4, 0.5) is 0 Å². The zero-order valence-electron chi connectivity index (χ0n) is 8.31. The van der Waals surface area contributed by atoms with Crippen molar-refractivity contribution in [2.45, 2.75) is 18.9 Å².